The van der Waals surface area contributed by atoms with Crippen molar-refractivity contribution in [2.75, 3.05) is 5.32 Å². The predicted octanol–water partition coefficient (Wildman–Crippen LogP) is 3.98. The van der Waals surface area contributed by atoms with Crippen LogP contribution in [0.3, 0.4) is 0 Å². The fourth-order valence-corrected chi connectivity index (χ4v) is 2.81. The highest BCUT2D eigenvalue weighted by molar-refractivity contribution is 5.46. The molecule has 4 heteroatoms. The topological polar surface area (TPSA) is 55.2 Å². The van der Waals surface area contributed by atoms with E-state index < -0.39 is 6.04 Å². The zero-order chi connectivity index (χ0) is 14.8. The van der Waals surface area contributed by atoms with Gasteiger partial charge < -0.3 is 5.32 Å². The molecule has 1 aliphatic carbocycles. The van der Waals surface area contributed by atoms with E-state index in [1.54, 1.807) is 0 Å². The number of nitrogens with one attached hydrogen (secondary N) is 1. The molecule has 1 aromatic carbocycles. The van der Waals surface area contributed by atoms with Crippen molar-refractivity contribution in [3.8, 4) is 0 Å². The van der Waals surface area contributed by atoms with Crippen LogP contribution in [0.25, 0.3) is 0 Å². The van der Waals surface area contributed by atoms with Crippen molar-refractivity contribution in [2.45, 2.75) is 64.0 Å². The first-order valence-corrected chi connectivity index (χ1v) is 7.38. The Morgan fingerprint density at radius 3 is 2.30 bits per heavy atom. The molecule has 2 rings (SSSR count). The molecule has 1 N–H and O–H groups in total. The van der Waals surface area contributed by atoms with Gasteiger partial charge in [0.15, 0.2) is 0 Å². The fraction of sp³-hybridized carbons (Fsp3) is 0.625. The lowest BCUT2D eigenvalue weighted by atomic mass is 9.87. The van der Waals surface area contributed by atoms with Crippen LogP contribution >= 0.6 is 0 Å². The smallest absolute Gasteiger partial charge is 0.232 e. The first-order valence-electron chi connectivity index (χ1n) is 7.38. The van der Waals surface area contributed by atoms with Crippen molar-refractivity contribution in [1.29, 1.82) is 0 Å². The van der Waals surface area contributed by atoms with Gasteiger partial charge in [-0.1, -0.05) is 39.3 Å². The maximum atomic E-state index is 11.1. The standard InChI is InChI=1S/C16H24N2O2/c1-16(2,3)12-8-10-13(11-9-12)17-14-6-4-5-7-15(14)18(19)20/h8-11,14-15,17H,4-7H2,1-3H3/t14-,15-/m0/s1. The summed E-state index contributed by atoms with van der Waals surface area (Å²) in [6, 6.07) is 7.78. The summed E-state index contributed by atoms with van der Waals surface area (Å²) in [7, 11) is 0. The Labute approximate surface area is 120 Å². The Morgan fingerprint density at radius 2 is 1.75 bits per heavy atom. The average molecular weight is 276 g/mol. The molecule has 1 fully saturated rings. The molecule has 0 saturated heterocycles. The van der Waals surface area contributed by atoms with Gasteiger partial charge in [-0.25, -0.2) is 0 Å². The molecule has 4 nitrogen and oxygen atoms in total. The number of nitro groups is 1. The number of benzene rings is 1. The Morgan fingerprint density at radius 1 is 1.15 bits per heavy atom. The van der Waals surface area contributed by atoms with Crippen LogP contribution in [-0.4, -0.2) is 17.0 Å². The first kappa shape index (κ1) is 14.8. The van der Waals surface area contributed by atoms with E-state index in [1.165, 1.54) is 5.56 Å². The van der Waals surface area contributed by atoms with Crippen LogP contribution < -0.4 is 5.32 Å². The molecular formula is C16H24N2O2. The highest BCUT2D eigenvalue weighted by Crippen LogP contribution is 2.26. The normalized spacial score (nSPS) is 23.4. The first-order chi connectivity index (χ1) is 9.38. The minimum atomic E-state index is -0.453. The molecule has 0 bridgehead atoms. The summed E-state index contributed by atoms with van der Waals surface area (Å²) in [5.41, 5.74) is 2.39. The zero-order valence-electron chi connectivity index (χ0n) is 12.6. The van der Waals surface area contributed by atoms with E-state index in [1.807, 2.05) is 12.1 Å². The summed E-state index contributed by atoms with van der Waals surface area (Å²) in [5.74, 6) is 0. The van der Waals surface area contributed by atoms with Crippen molar-refractivity contribution in [1.82, 2.24) is 0 Å². The van der Waals surface area contributed by atoms with Crippen LogP contribution in [0, 0.1) is 10.1 Å². The third kappa shape index (κ3) is 3.50. The van der Waals surface area contributed by atoms with E-state index in [9.17, 15) is 10.1 Å². The van der Waals surface area contributed by atoms with Crippen LogP contribution in [0.2, 0.25) is 0 Å². The Hall–Kier alpha value is -1.58. The van der Waals surface area contributed by atoms with Crippen molar-refractivity contribution in [2.24, 2.45) is 0 Å². The predicted molar refractivity (Wildman–Crippen MR) is 81.8 cm³/mol. The van der Waals surface area contributed by atoms with Gasteiger partial charge in [-0.2, -0.15) is 0 Å². The summed E-state index contributed by atoms with van der Waals surface area (Å²) in [4.78, 5) is 11.0. The largest absolute Gasteiger partial charge is 0.376 e. The lowest BCUT2D eigenvalue weighted by Gasteiger charge is -2.27. The van der Waals surface area contributed by atoms with E-state index >= 15 is 0 Å². The van der Waals surface area contributed by atoms with Crippen LogP contribution in [0.1, 0.15) is 52.0 Å². The number of hydrogen-bond acceptors (Lipinski definition) is 3. The van der Waals surface area contributed by atoms with Crippen molar-refractivity contribution in [3.05, 3.63) is 39.9 Å². The molecular weight excluding hydrogens is 252 g/mol. The number of anilines is 1. The fourth-order valence-electron chi connectivity index (χ4n) is 2.81. The lowest BCUT2D eigenvalue weighted by Crippen LogP contribution is -2.41. The summed E-state index contributed by atoms with van der Waals surface area (Å²) >= 11 is 0. The second-order valence-electron chi connectivity index (χ2n) is 6.72. The summed E-state index contributed by atoms with van der Waals surface area (Å²) in [6.07, 6.45) is 3.60. The van der Waals surface area contributed by atoms with E-state index in [2.05, 4.69) is 38.2 Å². The maximum absolute atomic E-state index is 11.1. The van der Waals surface area contributed by atoms with Crippen LogP contribution in [0.5, 0.6) is 0 Å². The van der Waals surface area contributed by atoms with Crippen molar-refractivity contribution >= 4 is 5.69 Å². The zero-order valence-corrected chi connectivity index (χ0v) is 12.6. The van der Waals surface area contributed by atoms with E-state index in [4.69, 9.17) is 0 Å². The average Bonchev–Trinajstić information content (AvgIpc) is 2.38. The number of rotatable bonds is 3. The molecule has 1 aromatic rings. The molecule has 0 spiro atoms. The Balaban J connectivity index is 2.07. The third-order valence-corrected chi connectivity index (χ3v) is 4.10. The van der Waals surface area contributed by atoms with Crippen molar-refractivity contribution < 1.29 is 4.92 Å². The van der Waals surface area contributed by atoms with Gasteiger partial charge in [-0.15, -0.1) is 0 Å². The van der Waals surface area contributed by atoms with Gasteiger partial charge in [-0.05, 0) is 36.0 Å². The monoisotopic (exact) mass is 276 g/mol. The highest BCUT2D eigenvalue weighted by atomic mass is 16.6. The van der Waals surface area contributed by atoms with Gasteiger partial charge in [0.05, 0.1) is 6.04 Å². The van der Waals surface area contributed by atoms with E-state index in [-0.39, 0.29) is 16.4 Å². The van der Waals surface area contributed by atoms with Gasteiger partial charge in [0.1, 0.15) is 0 Å². The van der Waals surface area contributed by atoms with E-state index in [0.29, 0.717) is 6.42 Å². The second kappa shape index (κ2) is 5.81. The van der Waals surface area contributed by atoms with Gasteiger partial charge in [-0.3, -0.25) is 10.1 Å². The molecule has 0 aliphatic heterocycles. The lowest BCUT2D eigenvalue weighted by molar-refractivity contribution is -0.527. The van der Waals surface area contributed by atoms with Gasteiger partial charge in [0, 0.05) is 17.0 Å². The molecule has 0 unspecified atom stereocenters. The summed E-state index contributed by atoms with van der Waals surface area (Å²) < 4.78 is 0. The number of hydrogen-bond donors (Lipinski definition) is 1. The SMILES string of the molecule is CC(C)(C)c1ccc(N[C@H]2CCCC[C@@H]2[N+](=O)[O-])cc1. The molecule has 0 radical (unpaired) electrons. The maximum Gasteiger partial charge on any atom is 0.232 e. The molecule has 0 amide bonds. The molecule has 110 valence electrons. The molecule has 0 heterocycles. The van der Waals surface area contributed by atoms with Gasteiger partial charge >= 0.3 is 0 Å². The third-order valence-electron chi connectivity index (χ3n) is 4.10. The highest BCUT2D eigenvalue weighted by Gasteiger charge is 2.33. The quantitative estimate of drug-likeness (QED) is 0.671. The Kier molecular flexibility index (Phi) is 4.31. The van der Waals surface area contributed by atoms with Crippen LogP contribution in [0.15, 0.2) is 24.3 Å². The molecule has 20 heavy (non-hydrogen) atoms. The number of nitrogens with zero attached hydrogens (tertiary/aromatic N) is 1. The summed E-state index contributed by atoms with van der Waals surface area (Å²) in [6.45, 7) is 6.54. The van der Waals surface area contributed by atoms with E-state index in [0.717, 1.165) is 24.9 Å². The molecule has 2 atom stereocenters. The summed E-state index contributed by atoms with van der Waals surface area (Å²) in [5, 5.41) is 14.5. The van der Waals surface area contributed by atoms with Gasteiger partial charge in [0.25, 0.3) is 0 Å². The Bertz CT molecular complexity index is 462. The van der Waals surface area contributed by atoms with Crippen molar-refractivity contribution in [3.63, 3.8) is 0 Å². The molecule has 1 aliphatic rings. The molecule has 1 saturated carbocycles. The second-order valence-corrected chi connectivity index (χ2v) is 6.72. The molecule has 0 aromatic heterocycles. The van der Waals surface area contributed by atoms with Crippen LogP contribution in [-0.2, 0) is 5.41 Å². The van der Waals surface area contributed by atoms with Gasteiger partial charge in [0.2, 0.25) is 6.04 Å². The van der Waals surface area contributed by atoms with Crippen LogP contribution in [0.4, 0.5) is 5.69 Å². The minimum Gasteiger partial charge on any atom is -0.376 e. The minimum absolute atomic E-state index is 0.0424.